The lowest BCUT2D eigenvalue weighted by molar-refractivity contribution is 0.559. The molecule has 0 aromatic heterocycles. The lowest BCUT2D eigenvalue weighted by Gasteiger charge is -2.18. The Morgan fingerprint density at radius 2 is 2.12 bits per heavy atom. The molecule has 2 rings (SSSR count). The van der Waals surface area contributed by atoms with Gasteiger partial charge in [0.25, 0.3) is 0 Å². The largest absolute Gasteiger partial charge is 0.377 e. The molecule has 16 heavy (non-hydrogen) atoms. The normalized spacial score (nSPS) is 20.0. The van der Waals surface area contributed by atoms with E-state index in [-0.39, 0.29) is 0 Å². The summed E-state index contributed by atoms with van der Waals surface area (Å²) in [6, 6.07) is 9.47. The number of hydrogen-bond donors (Lipinski definition) is 1. The molecular formula is C14H22N2. The predicted octanol–water partition coefficient (Wildman–Crippen LogP) is 2.44. The maximum atomic E-state index is 3.56. The van der Waals surface area contributed by atoms with E-state index in [1.165, 1.54) is 43.5 Å². The van der Waals surface area contributed by atoms with Crippen LogP contribution in [-0.4, -0.2) is 26.7 Å². The summed E-state index contributed by atoms with van der Waals surface area (Å²) in [6.45, 7) is 1.21. The molecule has 1 heterocycles. The molecule has 1 saturated heterocycles. The van der Waals surface area contributed by atoms with Crippen molar-refractivity contribution in [2.45, 2.75) is 31.7 Å². The molecule has 0 amide bonds. The van der Waals surface area contributed by atoms with Crippen molar-refractivity contribution in [1.29, 1.82) is 0 Å². The van der Waals surface area contributed by atoms with Crippen LogP contribution in [0.1, 0.15) is 24.8 Å². The van der Waals surface area contributed by atoms with Crippen LogP contribution in [0.4, 0.5) is 5.69 Å². The van der Waals surface area contributed by atoms with Crippen LogP contribution in [0.5, 0.6) is 0 Å². The molecule has 1 atom stereocenters. The molecule has 0 bridgehead atoms. The van der Waals surface area contributed by atoms with E-state index in [9.17, 15) is 0 Å². The van der Waals surface area contributed by atoms with Crippen LogP contribution >= 0.6 is 0 Å². The predicted molar refractivity (Wildman–Crippen MR) is 70.1 cm³/mol. The van der Waals surface area contributed by atoms with Crippen LogP contribution in [-0.2, 0) is 6.42 Å². The quantitative estimate of drug-likeness (QED) is 0.835. The molecule has 2 heteroatoms. The van der Waals surface area contributed by atoms with Gasteiger partial charge in [-0.3, -0.25) is 0 Å². The van der Waals surface area contributed by atoms with Gasteiger partial charge in [0.1, 0.15) is 0 Å². The molecule has 0 aliphatic carbocycles. The van der Waals surface area contributed by atoms with Gasteiger partial charge in [0, 0.05) is 25.8 Å². The summed E-state index contributed by atoms with van der Waals surface area (Å²) in [6.07, 6.45) is 5.15. The Kier molecular flexibility index (Phi) is 3.83. The summed E-state index contributed by atoms with van der Waals surface area (Å²) in [5, 5.41) is 3.56. The van der Waals surface area contributed by atoms with Crippen molar-refractivity contribution in [2.24, 2.45) is 0 Å². The van der Waals surface area contributed by atoms with Crippen LogP contribution in [0.25, 0.3) is 0 Å². The number of anilines is 1. The minimum Gasteiger partial charge on any atom is -0.377 e. The minimum absolute atomic E-state index is 0.746. The molecule has 0 radical (unpaired) electrons. The van der Waals surface area contributed by atoms with Crippen LogP contribution in [0.15, 0.2) is 24.3 Å². The Balaban J connectivity index is 1.97. The highest BCUT2D eigenvalue weighted by atomic mass is 15.1. The van der Waals surface area contributed by atoms with E-state index in [4.69, 9.17) is 0 Å². The molecule has 0 saturated carbocycles. The van der Waals surface area contributed by atoms with E-state index in [1.54, 1.807) is 0 Å². The first-order valence-corrected chi connectivity index (χ1v) is 6.26. The van der Waals surface area contributed by atoms with Gasteiger partial charge in [-0.1, -0.05) is 18.2 Å². The molecule has 1 N–H and O–H groups in total. The summed E-state index contributed by atoms with van der Waals surface area (Å²) < 4.78 is 0. The highest BCUT2D eigenvalue weighted by molar-refractivity contribution is 5.52. The summed E-state index contributed by atoms with van der Waals surface area (Å²) in [7, 11) is 4.24. The van der Waals surface area contributed by atoms with Crippen molar-refractivity contribution in [3.05, 3.63) is 29.8 Å². The van der Waals surface area contributed by atoms with E-state index >= 15 is 0 Å². The van der Waals surface area contributed by atoms with Gasteiger partial charge in [0.05, 0.1) is 0 Å². The van der Waals surface area contributed by atoms with Crippen molar-refractivity contribution in [1.82, 2.24) is 5.32 Å². The second-order valence-corrected chi connectivity index (χ2v) is 4.86. The SMILES string of the molecule is CN(C)c1ccccc1CCC1CCCN1. The Morgan fingerprint density at radius 1 is 1.31 bits per heavy atom. The van der Waals surface area contributed by atoms with E-state index < -0.39 is 0 Å². The zero-order chi connectivity index (χ0) is 11.4. The fourth-order valence-electron chi connectivity index (χ4n) is 2.49. The number of hydrogen-bond acceptors (Lipinski definition) is 2. The van der Waals surface area contributed by atoms with Gasteiger partial charge in [-0.05, 0) is 43.9 Å². The maximum absolute atomic E-state index is 3.56. The highest BCUT2D eigenvalue weighted by Gasteiger charge is 2.14. The molecule has 0 spiro atoms. The zero-order valence-electron chi connectivity index (χ0n) is 10.4. The Hall–Kier alpha value is -1.02. The molecule has 1 unspecified atom stereocenters. The summed E-state index contributed by atoms with van der Waals surface area (Å²) in [5.41, 5.74) is 2.83. The molecular weight excluding hydrogens is 196 g/mol. The Labute approximate surface area is 98.7 Å². The number of rotatable bonds is 4. The van der Waals surface area contributed by atoms with E-state index in [1.807, 2.05) is 0 Å². The average Bonchev–Trinajstić information content (AvgIpc) is 2.79. The van der Waals surface area contributed by atoms with E-state index in [2.05, 4.69) is 48.6 Å². The molecule has 1 aliphatic heterocycles. The lowest BCUT2D eigenvalue weighted by atomic mass is 10.0. The molecule has 88 valence electrons. The van der Waals surface area contributed by atoms with Crippen molar-refractivity contribution in [2.75, 3.05) is 25.5 Å². The summed E-state index contributed by atoms with van der Waals surface area (Å²) in [4.78, 5) is 2.21. The third kappa shape index (κ3) is 2.76. The molecule has 1 aromatic carbocycles. The maximum Gasteiger partial charge on any atom is 0.0393 e. The third-order valence-electron chi connectivity index (χ3n) is 3.40. The van der Waals surface area contributed by atoms with E-state index in [0.717, 1.165) is 6.04 Å². The topological polar surface area (TPSA) is 15.3 Å². The molecule has 2 nitrogen and oxygen atoms in total. The van der Waals surface area contributed by atoms with Crippen LogP contribution < -0.4 is 10.2 Å². The lowest BCUT2D eigenvalue weighted by Crippen LogP contribution is -2.22. The van der Waals surface area contributed by atoms with E-state index in [0.29, 0.717) is 0 Å². The van der Waals surface area contributed by atoms with Crippen molar-refractivity contribution in [3.8, 4) is 0 Å². The summed E-state index contributed by atoms with van der Waals surface area (Å²) >= 11 is 0. The number of benzene rings is 1. The highest BCUT2D eigenvalue weighted by Crippen LogP contribution is 2.21. The molecule has 1 aliphatic rings. The third-order valence-corrected chi connectivity index (χ3v) is 3.40. The second-order valence-electron chi connectivity index (χ2n) is 4.86. The molecule has 1 aromatic rings. The summed E-state index contributed by atoms with van der Waals surface area (Å²) in [5.74, 6) is 0. The van der Waals surface area contributed by atoms with Crippen molar-refractivity contribution < 1.29 is 0 Å². The van der Waals surface area contributed by atoms with Gasteiger partial charge in [-0.25, -0.2) is 0 Å². The smallest absolute Gasteiger partial charge is 0.0393 e. The number of aryl methyl sites for hydroxylation is 1. The Bertz CT molecular complexity index is 327. The van der Waals surface area contributed by atoms with Crippen LogP contribution in [0.2, 0.25) is 0 Å². The van der Waals surface area contributed by atoms with Crippen LogP contribution in [0.3, 0.4) is 0 Å². The minimum atomic E-state index is 0.746. The van der Waals surface area contributed by atoms with Crippen LogP contribution in [0, 0.1) is 0 Å². The van der Waals surface area contributed by atoms with Gasteiger partial charge in [-0.2, -0.15) is 0 Å². The first-order chi connectivity index (χ1) is 7.77. The van der Waals surface area contributed by atoms with Crippen molar-refractivity contribution in [3.63, 3.8) is 0 Å². The first kappa shape index (κ1) is 11.5. The number of nitrogens with one attached hydrogen (secondary N) is 1. The zero-order valence-corrected chi connectivity index (χ0v) is 10.4. The van der Waals surface area contributed by atoms with Gasteiger partial charge in [0.15, 0.2) is 0 Å². The fourth-order valence-corrected chi connectivity index (χ4v) is 2.49. The standard InChI is InChI=1S/C14H22N2/c1-16(2)14-8-4-3-6-12(14)9-10-13-7-5-11-15-13/h3-4,6,8,13,15H,5,7,9-11H2,1-2H3. The number of nitrogens with zero attached hydrogens (tertiary/aromatic N) is 1. The number of para-hydroxylation sites is 1. The fraction of sp³-hybridized carbons (Fsp3) is 0.571. The molecule has 1 fully saturated rings. The average molecular weight is 218 g/mol. The van der Waals surface area contributed by atoms with Gasteiger partial charge in [-0.15, -0.1) is 0 Å². The van der Waals surface area contributed by atoms with Gasteiger partial charge in [0.2, 0.25) is 0 Å². The van der Waals surface area contributed by atoms with Crippen molar-refractivity contribution >= 4 is 5.69 Å². The van der Waals surface area contributed by atoms with Gasteiger partial charge >= 0.3 is 0 Å². The Morgan fingerprint density at radius 3 is 2.81 bits per heavy atom. The first-order valence-electron chi connectivity index (χ1n) is 6.26. The monoisotopic (exact) mass is 218 g/mol. The van der Waals surface area contributed by atoms with Gasteiger partial charge < -0.3 is 10.2 Å². The second kappa shape index (κ2) is 5.35.